The molecular formula is C30H36N2O3S. The van der Waals surface area contributed by atoms with Gasteiger partial charge in [-0.2, -0.15) is 4.72 Å². The molecule has 190 valence electrons. The molecular weight excluding hydrogens is 468 g/mol. The van der Waals surface area contributed by atoms with Crippen molar-refractivity contribution in [1.82, 2.24) is 9.62 Å². The molecule has 1 amide bonds. The number of nitrogens with zero attached hydrogens (tertiary/aromatic N) is 1. The molecule has 0 spiro atoms. The Morgan fingerprint density at radius 3 is 1.97 bits per heavy atom. The van der Waals surface area contributed by atoms with Gasteiger partial charge in [-0.1, -0.05) is 78.4 Å². The van der Waals surface area contributed by atoms with Gasteiger partial charge in [-0.3, -0.25) is 4.79 Å². The fourth-order valence-corrected chi connectivity index (χ4v) is 7.03. The average Bonchev–Trinajstić information content (AvgIpc) is 2.84. The molecule has 0 radical (unpaired) electrons. The van der Waals surface area contributed by atoms with Crippen LogP contribution in [0.15, 0.2) is 77.7 Å². The van der Waals surface area contributed by atoms with Crippen LogP contribution in [0.1, 0.15) is 40.7 Å². The molecule has 1 atom stereocenters. The molecule has 1 fully saturated rings. The van der Waals surface area contributed by atoms with Crippen molar-refractivity contribution in [2.45, 2.75) is 57.4 Å². The average molecular weight is 505 g/mol. The molecule has 3 aromatic carbocycles. The Labute approximate surface area is 215 Å². The number of benzene rings is 3. The summed E-state index contributed by atoms with van der Waals surface area (Å²) < 4.78 is 29.9. The molecule has 0 bridgehead atoms. The predicted octanol–water partition coefficient (Wildman–Crippen LogP) is 4.98. The van der Waals surface area contributed by atoms with E-state index >= 15 is 0 Å². The molecule has 4 rings (SSSR count). The molecule has 1 saturated heterocycles. The smallest absolute Gasteiger partial charge is 0.241 e. The maximum absolute atomic E-state index is 13.7. The van der Waals surface area contributed by atoms with E-state index in [1.165, 1.54) is 5.56 Å². The molecule has 0 saturated carbocycles. The number of likely N-dealkylation sites (tertiary alicyclic amines) is 1. The number of carbonyl (C=O) groups is 1. The minimum atomic E-state index is -3.89. The zero-order chi connectivity index (χ0) is 25.7. The highest BCUT2D eigenvalue weighted by Crippen LogP contribution is 2.25. The first-order valence-corrected chi connectivity index (χ1v) is 14.2. The molecule has 1 aliphatic heterocycles. The van der Waals surface area contributed by atoms with Crippen molar-refractivity contribution in [3.05, 3.63) is 101 Å². The molecule has 1 aliphatic rings. The first-order valence-electron chi connectivity index (χ1n) is 12.7. The van der Waals surface area contributed by atoms with E-state index in [-0.39, 0.29) is 10.8 Å². The summed E-state index contributed by atoms with van der Waals surface area (Å²) in [4.78, 5) is 15.8. The minimum Gasteiger partial charge on any atom is -0.341 e. The molecule has 0 unspecified atom stereocenters. The summed E-state index contributed by atoms with van der Waals surface area (Å²) in [6.45, 7) is 6.85. The molecule has 0 aliphatic carbocycles. The van der Waals surface area contributed by atoms with E-state index in [2.05, 4.69) is 29.0 Å². The lowest BCUT2D eigenvalue weighted by Crippen LogP contribution is -2.51. The van der Waals surface area contributed by atoms with Crippen LogP contribution in [0.3, 0.4) is 0 Å². The summed E-state index contributed by atoms with van der Waals surface area (Å²) in [5.41, 5.74) is 4.63. The fourth-order valence-electron chi connectivity index (χ4n) is 5.39. The van der Waals surface area contributed by atoms with Crippen molar-refractivity contribution in [2.24, 2.45) is 5.92 Å². The van der Waals surface area contributed by atoms with Crippen LogP contribution < -0.4 is 4.72 Å². The number of hydrogen-bond acceptors (Lipinski definition) is 3. The van der Waals surface area contributed by atoms with E-state index in [1.807, 2.05) is 60.4 Å². The van der Waals surface area contributed by atoms with Crippen LogP contribution in [0.5, 0.6) is 0 Å². The van der Waals surface area contributed by atoms with Gasteiger partial charge in [0.05, 0.1) is 4.90 Å². The second kappa shape index (κ2) is 11.4. The topological polar surface area (TPSA) is 66.5 Å². The van der Waals surface area contributed by atoms with Gasteiger partial charge in [-0.15, -0.1) is 0 Å². The largest absolute Gasteiger partial charge is 0.341 e. The van der Waals surface area contributed by atoms with Gasteiger partial charge < -0.3 is 4.90 Å². The summed E-state index contributed by atoms with van der Waals surface area (Å²) in [5.74, 6) is 0.376. The first kappa shape index (κ1) is 26.1. The van der Waals surface area contributed by atoms with E-state index in [4.69, 9.17) is 0 Å². The van der Waals surface area contributed by atoms with Gasteiger partial charge in [-0.25, -0.2) is 8.42 Å². The lowest BCUT2D eigenvalue weighted by Gasteiger charge is -2.34. The van der Waals surface area contributed by atoms with Gasteiger partial charge in [0.1, 0.15) is 6.04 Å². The number of nitrogens with one attached hydrogen (secondary N) is 1. The normalized spacial score (nSPS) is 15.6. The third-order valence-corrected chi connectivity index (χ3v) is 8.82. The number of sulfonamides is 1. The lowest BCUT2D eigenvalue weighted by molar-refractivity contribution is -0.134. The van der Waals surface area contributed by atoms with Gasteiger partial charge in [0, 0.05) is 13.1 Å². The monoisotopic (exact) mass is 504 g/mol. The summed E-state index contributed by atoms with van der Waals surface area (Å²) in [6, 6.07) is 22.9. The summed E-state index contributed by atoms with van der Waals surface area (Å²) in [6.07, 6.45) is 3.16. The SMILES string of the molecule is Cc1cc(C)c(S(=O)(=O)N[C@H](Cc2ccccc2)C(=O)N2CCC(Cc3ccccc3)CC2)c(C)c1. The van der Waals surface area contributed by atoms with Crippen molar-refractivity contribution < 1.29 is 13.2 Å². The van der Waals surface area contributed by atoms with Crippen molar-refractivity contribution in [3.8, 4) is 0 Å². The minimum absolute atomic E-state index is 0.150. The standard InChI is InChI=1S/C30H36N2O3S/c1-22-18-23(2)29(24(3)19-22)36(34,35)31-28(21-26-12-8-5-9-13-26)30(33)32-16-14-27(15-17-32)20-25-10-6-4-7-11-25/h4-13,18-19,27-28,31H,14-17,20-21H2,1-3H3/t28-/m1/s1. The number of amides is 1. The van der Waals surface area contributed by atoms with Gasteiger partial charge in [0.2, 0.25) is 15.9 Å². The van der Waals surface area contributed by atoms with Crippen LogP contribution in [-0.4, -0.2) is 38.4 Å². The van der Waals surface area contributed by atoms with Gasteiger partial charge in [-0.05, 0) is 74.6 Å². The summed E-state index contributed by atoms with van der Waals surface area (Å²) in [5, 5.41) is 0. The van der Waals surface area contributed by atoms with E-state index in [1.54, 1.807) is 13.8 Å². The number of hydrogen-bond donors (Lipinski definition) is 1. The van der Waals surface area contributed by atoms with E-state index in [0.29, 0.717) is 36.6 Å². The van der Waals surface area contributed by atoms with Crippen molar-refractivity contribution in [1.29, 1.82) is 0 Å². The summed E-state index contributed by atoms with van der Waals surface area (Å²) >= 11 is 0. The van der Waals surface area contributed by atoms with Crippen LogP contribution in [0.2, 0.25) is 0 Å². The summed E-state index contributed by atoms with van der Waals surface area (Å²) in [7, 11) is -3.89. The van der Waals surface area contributed by atoms with E-state index in [0.717, 1.165) is 30.4 Å². The number of aryl methyl sites for hydroxylation is 3. The Balaban J connectivity index is 1.51. The highest BCUT2D eigenvalue weighted by molar-refractivity contribution is 7.89. The molecule has 0 aromatic heterocycles. The van der Waals surface area contributed by atoms with Crippen LogP contribution in [0, 0.1) is 26.7 Å². The van der Waals surface area contributed by atoms with Gasteiger partial charge in [0.25, 0.3) is 0 Å². The first-order chi connectivity index (χ1) is 17.2. The Morgan fingerprint density at radius 2 is 1.42 bits per heavy atom. The highest BCUT2D eigenvalue weighted by Gasteiger charge is 2.33. The Kier molecular flexibility index (Phi) is 8.27. The van der Waals surface area contributed by atoms with Crippen molar-refractivity contribution >= 4 is 15.9 Å². The van der Waals surface area contributed by atoms with Crippen LogP contribution >= 0.6 is 0 Å². The van der Waals surface area contributed by atoms with E-state index < -0.39 is 16.1 Å². The molecule has 36 heavy (non-hydrogen) atoms. The van der Waals surface area contributed by atoms with Crippen molar-refractivity contribution in [2.75, 3.05) is 13.1 Å². The Bertz CT molecular complexity index is 1260. The maximum Gasteiger partial charge on any atom is 0.241 e. The molecule has 1 heterocycles. The number of carbonyl (C=O) groups excluding carboxylic acids is 1. The fraction of sp³-hybridized carbons (Fsp3) is 0.367. The number of piperidine rings is 1. The third-order valence-electron chi connectivity index (χ3n) is 7.04. The second-order valence-electron chi connectivity index (χ2n) is 10.0. The van der Waals surface area contributed by atoms with Crippen molar-refractivity contribution in [3.63, 3.8) is 0 Å². The Morgan fingerprint density at radius 1 is 0.889 bits per heavy atom. The zero-order valence-electron chi connectivity index (χ0n) is 21.4. The van der Waals surface area contributed by atoms with E-state index in [9.17, 15) is 13.2 Å². The molecule has 3 aromatic rings. The Hall–Kier alpha value is -2.96. The lowest BCUT2D eigenvalue weighted by atomic mass is 9.90. The zero-order valence-corrected chi connectivity index (χ0v) is 22.2. The second-order valence-corrected chi connectivity index (χ2v) is 11.7. The maximum atomic E-state index is 13.7. The predicted molar refractivity (Wildman–Crippen MR) is 144 cm³/mol. The molecule has 6 heteroatoms. The quantitative estimate of drug-likeness (QED) is 0.470. The molecule has 1 N–H and O–H groups in total. The molecule has 5 nitrogen and oxygen atoms in total. The van der Waals surface area contributed by atoms with Crippen LogP contribution in [0.4, 0.5) is 0 Å². The van der Waals surface area contributed by atoms with Crippen LogP contribution in [-0.2, 0) is 27.7 Å². The highest BCUT2D eigenvalue weighted by atomic mass is 32.2. The third kappa shape index (κ3) is 6.42. The van der Waals surface area contributed by atoms with Gasteiger partial charge >= 0.3 is 0 Å². The van der Waals surface area contributed by atoms with Gasteiger partial charge in [0.15, 0.2) is 0 Å². The van der Waals surface area contributed by atoms with Crippen LogP contribution in [0.25, 0.3) is 0 Å². The number of rotatable bonds is 8.